The third-order valence-corrected chi connectivity index (χ3v) is 3.58. The van der Waals surface area contributed by atoms with E-state index in [2.05, 4.69) is 19.2 Å². The molecule has 0 aliphatic carbocycles. The highest BCUT2D eigenvalue weighted by Gasteiger charge is 2.35. The van der Waals surface area contributed by atoms with Gasteiger partial charge in [-0.05, 0) is 30.5 Å². The lowest BCUT2D eigenvalue weighted by Gasteiger charge is -2.33. The molecule has 0 spiro atoms. The smallest absolute Gasteiger partial charge is 0.238 e. The van der Waals surface area contributed by atoms with Crippen LogP contribution in [0.1, 0.15) is 32.5 Å². The van der Waals surface area contributed by atoms with E-state index in [-0.39, 0.29) is 23.9 Å². The maximum absolute atomic E-state index is 13.3. The van der Waals surface area contributed by atoms with Gasteiger partial charge >= 0.3 is 0 Å². The lowest BCUT2D eigenvalue weighted by molar-refractivity contribution is -0.130. The SMILES string of the molecule is CC(C)C(C)N1C(=O)CNC1c1cccc(F)c1. The number of carbonyl (C=O) groups excluding carboxylic acids is 1. The standard InChI is InChI=1S/C14H19FN2O/c1-9(2)10(3)17-13(18)8-16-14(17)11-5-4-6-12(15)7-11/h4-7,9-10,14,16H,8H2,1-3H3. The number of halogens is 1. The lowest BCUT2D eigenvalue weighted by atomic mass is 10.0. The Balaban J connectivity index is 2.29. The van der Waals surface area contributed by atoms with E-state index >= 15 is 0 Å². The normalized spacial score (nSPS) is 21.7. The van der Waals surface area contributed by atoms with Crippen molar-refractivity contribution in [3.8, 4) is 0 Å². The van der Waals surface area contributed by atoms with Crippen molar-refractivity contribution in [2.24, 2.45) is 5.92 Å². The van der Waals surface area contributed by atoms with E-state index in [0.29, 0.717) is 12.5 Å². The van der Waals surface area contributed by atoms with Gasteiger partial charge in [-0.1, -0.05) is 26.0 Å². The minimum Gasteiger partial charge on any atom is -0.319 e. The number of rotatable bonds is 3. The number of benzene rings is 1. The molecule has 1 aromatic rings. The van der Waals surface area contributed by atoms with Gasteiger partial charge in [0, 0.05) is 6.04 Å². The minimum atomic E-state index is -0.272. The van der Waals surface area contributed by atoms with Crippen molar-refractivity contribution >= 4 is 5.91 Å². The summed E-state index contributed by atoms with van der Waals surface area (Å²) in [6, 6.07) is 6.54. The lowest BCUT2D eigenvalue weighted by Crippen LogP contribution is -2.40. The molecule has 1 aliphatic rings. The van der Waals surface area contributed by atoms with E-state index in [1.165, 1.54) is 12.1 Å². The molecule has 1 aromatic carbocycles. The first-order valence-electron chi connectivity index (χ1n) is 6.30. The van der Waals surface area contributed by atoms with Crippen LogP contribution >= 0.6 is 0 Å². The van der Waals surface area contributed by atoms with Gasteiger partial charge in [0.1, 0.15) is 12.0 Å². The fourth-order valence-corrected chi connectivity index (χ4v) is 2.26. The molecule has 0 aromatic heterocycles. The number of carbonyl (C=O) groups is 1. The van der Waals surface area contributed by atoms with E-state index in [4.69, 9.17) is 0 Å². The maximum Gasteiger partial charge on any atom is 0.238 e. The monoisotopic (exact) mass is 250 g/mol. The van der Waals surface area contributed by atoms with E-state index < -0.39 is 0 Å². The van der Waals surface area contributed by atoms with Crippen LogP contribution in [0.4, 0.5) is 4.39 Å². The Bertz CT molecular complexity index is 447. The highest BCUT2D eigenvalue weighted by molar-refractivity contribution is 5.81. The summed E-state index contributed by atoms with van der Waals surface area (Å²) in [6.45, 7) is 6.51. The van der Waals surface area contributed by atoms with Crippen LogP contribution in [0.15, 0.2) is 24.3 Å². The van der Waals surface area contributed by atoms with Crippen LogP contribution in [0.2, 0.25) is 0 Å². The van der Waals surface area contributed by atoms with Crippen LogP contribution in [-0.4, -0.2) is 23.4 Å². The summed E-state index contributed by atoms with van der Waals surface area (Å²) in [6.07, 6.45) is -0.217. The maximum atomic E-state index is 13.3. The van der Waals surface area contributed by atoms with Crippen LogP contribution in [0.25, 0.3) is 0 Å². The highest BCUT2D eigenvalue weighted by atomic mass is 19.1. The molecule has 98 valence electrons. The predicted octanol–water partition coefficient (Wildman–Crippen LogP) is 2.30. The second-order valence-corrected chi connectivity index (χ2v) is 5.12. The molecular weight excluding hydrogens is 231 g/mol. The average Bonchev–Trinajstić information content (AvgIpc) is 2.70. The van der Waals surface area contributed by atoms with Gasteiger partial charge in [0.2, 0.25) is 5.91 Å². The third-order valence-electron chi connectivity index (χ3n) is 3.58. The van der Waals surface area contributed by atoms with Crippen molar-refractivity contribution < 1.29 is 9.18 Å². The molecule has 1 amide bonds. The molecule has 0 radical (unpaired) electrons. The first-order valence-corrected chi connectivity index (χ1v) is 6.30. The Morgan fingerprint density at radius 2 is 2.11 bits per heavy atom. The molecule has 0 saturated carbocycles. The van der Waals surface area contributed by atoms with Gasteiger partial charge in [-0.25, -0.2) is 4.39 Å². The summed E-state index contributed by atoms with van der Waals surface area (Å²) in [5.41, 5.74) is 0.799. The summed E-state index contributed by atoms with van der Waals surface area (Å²) in [5, 5.41) is 3.15. The molecule has 4 heteroatoms. The van der Waals surface area contributed by atoms with Crippen LogP contribution in [-0.2, 0) is 4.79 Å². The molecule has 1 saturated heterocycles. The zero-order valence-electron chi connectivity index (χ0n) is 11.0. The van der Waals surface area contributed by atoms with Gasteiger partial charge in [-0.15, -0.1) is 0 Å². The Morgan fingerprint density at radius 1 is 1.39 bits per heavy atom. The van der Waals surface area contributed by atoms with Gasteiger partial charge in [0.05, 0.1) is 6.54 Å². The van der Waals surface area contributed by atoms with Crippen molar-refractivity contribution in [2.45, 2.75) is 33.0 Å². The van der Waals surface area contributed by atoms with Crippen molar-refractivity contribution in [1.29, 1.82) is 0 Å². The molecule has 1 heterocycles. The second-order valence-electron chi connectivity index (χ2n) is 5.12. The number of amides is 1. The second kappa shape index (κ2) is 5.06. The van der Waals surface area contributed by atoms with Crippen molar-refractivity contribution in [2.75, 3.05) is 6.54 Å². The number of hydrogen-bond donors (Lipinski definition) is 1. The van der Waals surface area contributed by atoms with Crippen molar-refractivity contribution in [3.05, 3.63) is 35.6 Å². The average molecular weight is 250 g/mol. The zero-order valence-corrected chi connectivity index (χ0v) is 11.0. The highest BCUT2D eigenvalue weighted by Crippen LogP contribution is 2.27. The first kappa shape index (κ1) is 13.0. The van der Waals surface area contributed by atoms with E-state index in [9.17, 15) is 9.18 Å². The molecule has 1 N–H and O–H groups in total. The minimum absolute atomic E-state index is 0.0745. The summed E-state index contributed by atoms with van der Waals surface area (Å²) in [7, 11) is 0. The fourth-order valence-electron chi connectivity index (χ4n) is 2.26. The summed E-state index contributed by atoms with van der Waals surface area (Å²) in [4.78, 5) is 13.8. The van der Waals surface area contributed by atoms with E-state index in [0.717, 1.165) is 5.56 Å². The Labute approximate surface area is 107 Å². The number of nitrogens with one attached hydrogen (secondary N) is 1. The van der Waals surface area contributed by atoms with Gasteiger partial charge in [-0.2, -0.15) is 0 Å². The molecule has 0 bridgehead atoms. The Hall–Kier alpha value is -1.42. The zero-order chi connectivity index (χ0) is 13.3. The summed E-state index contributed by atoms with van der Waals surface area (Å²) >= 11 is 0. The molecule has 1 aliphatic heterocycles. The van der Waals surface area contributed by atoms with Crippen LogP contribution < -0.4 is 5.32 Å². The Morgan fingerprint density at radius 3 is 2.72 bits per heavy atom. The third kappa shape index (κ3) is 2.38. The fraction of sp³-hybridized carbons (Fsp3) is 0.500. The molecular formula is C14H19FN2O. The Kier molecular flexibility index (Phi) is 3.66. The summed E-state index contributed by atoms with van der Waals surface area (Å²) in [5.74, 6) is 0.168. The van der Waals surface area contributed by atoms with Gasteiger partial charge < -0.3 is 4.90 Å². The van der Waals surface area contributed by atoms with Crippen LogP contribution in [0.3, 0.4) is 0 Å². The van der Waals surface area contributed by atoms with Crippen LogP contribution in [0, 0.1) is 11.7 Å². The first-order chi connectivity index (χ1) is 8.50. The van der Waals surface area contributed by atoms with Gasteiger partial charge in [-0.3, -0.25) is 10.1 Å². The van der Waals surface area contributed by atoms with Crippen LogP contribution in [0.5, 0.6) is 0 Å². The van der Waals surface area contributed by atoms with Gasteiger partial charge in [0.15, 0.2) is 0 Å². The molecule has 2 rings (SSSR count). The number of nitrogens with zero attached hydrogens (tertiary/aromatic N) is 1. The molecule has 2 atom stereocenters. The van der Waals surface area contributed by atoms with E-state index in [1.807, 2.05) is 17.9 Å². The van der Waals surface area contributed by atoms with E-state index in [1.54, 1.807) is 6.07 Å². The molecule has 1 fully saturated rings. The predicted molar refractivity (Wildman–Crippen MR) is 68.3 cm³/mol. The summed E-state index contributed by atoms with van der Waals surface area (Å²) < 4.78 is 13.3. The molecule has 18 heavy (non-hydrogen) atoms. The van der Waals surface area contributed by atoms with Gasteiger partial charge in [0.25, 0.3) is 0 Å². The quantitative estimate of drug-likeness (QED) is 0.892. The topological polar surface area (TPSA) is 32.3 Å². The van der Waals surface area contributed by atoms with Crippen molar-refractivity contribution in [1.82, 2.24) is 10.2 Å². The largest absolute Gasteiger partial charge is 0.319 e. The molecule has 2 unspecified atom stereocenters. The van der Waals surface area contributed by atoms with Crippen molar-refractivity contribution in [3.63, 3.8) is 0 Å². The molecule has 3 nitrogen and oxygen atoms in total. The number of hydrogen-bond acceptors (Lipinski definition) is 2.